The standard InChI is InChI=1S/C18H12F3NO4/c19-18(20,21)15-17(26-16(22-15)12-4-2-1-3-5-12)23-9-11-6-7-13-14(8-11)25-10-24-13/h1-8H,9-10H2. The van der Waals surface area contributed by atoms with E-state index in [1.807, 2.05) is 0 Å². The number of halogens is 3. The quantitative estimate of drug-likeness (QED) is 0.674. The third kappa shape index (κ3) is 3.17. The van der Waals surface area contributed by atoms with E-state index in [0.29, 0.717) is 22.6 Å². The third-order valence-corrected chi connectivity index (χ3v) is 3.69. The van der Waals surface area contributed by atoms with E-state index in [1.165, 1.54) is 0 Å². The summed E-state index contributed by atoms with van der Waals surface area (Å²) < 4.78 is 60.7. The molecule has 3 aromatic rings. The first-order valence-corrected chi connectivity index (χ1v) is 7.65. The van der Waals surface area contributed by atoms with E-state index in [0.717, 1.165) is 0 Å². The van der Waals surface area contributed by atoms with Crippen molar-refractivity contribution in [3.8, 4) is 28.9 Å². The number of hydrogen-bond donors (Lipinski definition) is 0. The van der Waals surface area contributed by atoms with Crippen LogP contribution < -0.4 is 14.2 Å². The molecule has 0 spiro atoms. The summed E-state index contributed by atoms with van der Waals surface area (Å²) >= 11 is 0. The van der Waals surface area contributed by atoms with Crippen LogP contribution in [0.5, 0.6) is 17.4 Å². The lowest BCUT2D eigenvalue weighted by atomic mass is 10.2. The number of rotatable bonds is 4. The molecule has 2 heterocycles. The van der Waals surface area contributed by atoms with Crippen LogP contribution in [-0.4, -0.2) is 11.8 Å². The highest BCUT2D eigenvalue weighted by atomic mass is 19.4. The second-order valence-electron chi connectivity index (χ2n) is 5.50. The molecule has 0 saturated heterocycles. The monoisotopic (exact) mass is 363 g/mol. The van der Waals surface area contributed by atoms with Crippen molar-refractivity contribution in [3.63, 3.8) is 0 Å². The van der Waals surface area contributed by atoms with Crippen molar-refractivity contribution < 1.29 is 31.8 Å². The predicted molar refractivity (Wildman–Crippen MR) is 83.8 cm³/mol. The van der Waals surface area contributed by atoms with Gasteiger partial charge in [-0.25, -0.2) is 4.98 Å². The van der Waals surface area contributed by atoms with Crippen molar-refractivity contribution in [1.29, 1.82) is 0 Å². The first-order chi connectivity index (χ1) is 12.5. The second kappa shape index (κ2) is 6.29. The largest absolute Gasteiger partial charge is 0.459 e. The minimum Gasteiger partial charge on any atom is -0.459 e. The van der Waals surface area contributed by atoms with Crippen molar-refractivity contribution in [2.45, 2.75) is 12.8 Å². The summed E-state index contributed by atoms with van der Waals surface area (Å²) in [7, 11) is 0. The lowest BCUT2D eigenvalue weighted by Gasteiger charge is -2.07. The van der Waals surface area contributed by atoms with Crippen LogP contribution in [0.3, 0.4) is 0 Å². The summed E-state index contributed by atoms with van der Waals surface area (Å²) in [5.74, 6) is 0.271. The van der Waals surface area contributed by atoms with Crippen LogP contribution >= 0.6 is 0 Å². The lowest BCUT2D eigenvalue weighted by Crippen LogP contribution is -2.08. The van der Waals surface area contributed by atoms with E-state index in [4.69, 9.17) is 18.6 Å². The van der Waals surface area contributed by atoms with Crippen LogP contribution in [0.25, 0.3) is 11.5 Å². The lowest BCUT2D eigenvalue weighted by molar-refractivity contribution is -0.143. The van der Waals surface area contributed by atoms with Crippen molar-refractivity contribution in [3.05, 3.63) is 59.8 Å². The summed E-state index contributed by atoms with van der Waals surface area (Å²) in [5, 5.41) is 0. The molecule has 26 heavy (non-hydrogen) atoms. The molecule has 8 heteroatoms. The topological polar surface area (TPSA) is 53.7 Å². The van der Waals surface area contributed by atoms with Gasteiger partial charge in [0.25, 0.3) is 0 Å². The number of aromatic nitrogens is 1. The Kier molecular flexibility index (Phi) is 3.95. The summed E-state index contributed by atoms with van der Waals surface area (Å²) in [6, 6.07) is 13.3. The maximum Gasteiger partial charge on any atom is 0.440 e. The molecule has 0 unspecified atom stereocenters. The first kappa shape index (κ1) is 16.3. The highest BCUT2D eigenvalue weighted by Crippen LogP contribution is 2.39. The molecule has 0 N–H and O–H groups in total. The van der Waals surface area contributed by atoms with Gasteiger partial charge in [-0.05, 0) is 29.8 Å². The second-order valence-corrected chi connectivity index (χ2v) is 5.50. The first-order valence-electron chi connectivity index (χ1n) is 7.65. The van der Waals surface area contributed by atoms with Gasteiger partial charge in [0, 0.05) is 5.56 Å². The molecule has 4 rings (SSSR count). The highest BCUT2D eigenvalue weighted by molar-refractivity contribution is 5.54. The van der Waals surface area contributed by atoms with Crippen molar-refractivity contribution >= 4 is 0 Å². The molecule has 5 nitrogen and oxygen atoms in total. The van der Waals surface area contributed by atoms with Gasteiger partial charge >= 0.3 is 12.1 Å². The zero-order valence-corrected chi connectivity index (χ0v) is 13.2. The van der Waals surface area contributed by atoms with Gasteiger partial charge in [0.05, 0.1) is 0 Å². The van der Waals surface area contributed by atoms with E-state index in [2.05, 4.69) is 4.98 Å². The van der Waals surface area contributed by atoms with Crippen LogP contribution in [0.4, 0.5) is 13.2 Å². The number of ether oxygens (including phenoxy) is 3. The smallest absolute Gasteiger partial charge is 0.440 e. The molecule has 0 amide bonds. The molecule has 0 aliphatic carbocycles. The minimum atomic E-state index is -4.69. The Bertz CT molecular complexity index is 922. The van der Waals surface area contributed by atoms with E-state index in [-0.39, 0.29) is 19.3 Å². The van der Waals surface area contributed by atoms with E-state index in [9.17, 15) is 13.2 Å². The zero-order chi connectivity index (χ0) is 18.1. The molecule has 0 bridgehead atoms. The number of oxazole rings is 1. The van der Waals surface area contributed by atoms with Crippen molar-refractivity contribution in [2.24, 2.45) is 0 Å². The van der Waals surface area contributed by atoms with Gasteiger partial charge in [-0.3, -0.25) is 0 Å². The highest BCUT2D eigenvalue weighted by Gasteiger charge is 2.40. The zero-order valence-electron chi connectivity index (χ0n) is 13.2. The Morgan fingerprint density at radius 3 is 2.54 bits per heavy atom. The molecular formula is C18H12F3NO4. The number of fused-ring (bicyclic) bond motifs is 1. The molecule has 1 aliphatic rings. The molecule has 1 aliphatic heterocycles. The van der Waals surface area contributed by atoms with E-state index in [1.54, 1.807) is 48.5 Å². The Balaban J connectivity index is 1.60. The molecule has 2 aromatic carbocycles. The van der Waals surface area contributed by atoms with Crippen molar-refractivity contribution in [2.75, 3.05) is 6.79 Å². The predicted octanol–water partition coefficient (Wildman–Crippen LogP) is 4.67. The van der Waals surface area contributed by atoms with Crippen LogP contribution in [0.2, 0.25) is 0 Å². The van der Waals surface area contributed by atoms with Crippen LogP contribution in [0, 0.1) is 0 Å². The normalized spacial score (nSPS) is 13.0. The van der Waals surface area contributed by atoms with E-state index < -0.39 is 17.8 Å². The third-order valence-electron chi connectivity index (χ3n) is 3.69. The van der Waals surface area contributed by atoms with Gasteiger partial charge in [0.2, 0.25) is 18.4 Å². The Morgan fingerprint density at radius 1 is 1.00 bits per heavy atom. The summed E-state index contributed by atoms with van der Waals surface area (Å²) in [5.41, 5.74) is -0.159. The molecule has 0 fully saturated rings. The Hall–Kier alpha value is -3.16. The molecule has 0 radical (unpaired) electrons. The average molecular weight is 363 g/mol. The number of benzene rings is 2. The maximum absolute atomic E-state index is 13.2. The number of nitrogens with zero attached hydrogens (tertiary/aromatic N) is 1. The molecule has 134 valence electrons. The average Bonchev–Trinajstić information content (AvgIpc) is 3.27. The fourth-order valence-corrected chi connectivity index (χ4v) is 2.47. The fraction of sp³-hybridized carbons (Fsp3) is 0.167. The van der Waals surface area contributed by atoms with Gasteiger partial charge in [0.15, 0.2) is 11.5 Å². The minimum absolute atomic E-state index is 0.112. The summed E-state index contributed by atoms with van der Waals surface area (Å²) in [6.45, 7) is -0.0243. The van der Waals surface area contributed by atoms with E-state index >= 15 is 0 Å². The van der Waals surface area contributed by atoms with Crippen molar-refractivity contribution in [1.82, 2.24) is 4.98 Å². The van der Waals surface area contributed by atoms with Crippen LogP contribution in [0.1, 0.15) is 11.3 Å². The van der Waals surface area contributed by atoms with Gasteiger partial charge in [-0.1, -0.05) is 24.3 Å². The summed E-state index contributed by atoms with van der Waals surface area (Å²) in [6.07, 6.45) is -4.69. The van der Waals surface area contributed by atoms with Crippen LogP contribution in [-0.2, 0) is 12.8 Å². The molecule has 0 saturated carbocycles. The molecule has 0 atom stereocenters. The Morgan fingerprint density at radius 2 is 1.77 bits per heavy atom. The fourth-order valence-electron chi connectivity index (χ4n) is 2.47. The van der Waals surface area contributed by atoms with Gasteiger partial charge in [-0.2, -0.15) is 13.2 Å². The van der Waals surface area contributed by atoms with Gasteiger partial charge in [0.1, 0.15) is 6.61 Å². The molecule has 1 aromatic heterocycles. The number of hydrogen-bond acceptors (Lipinski definition) is 5. The van der Waals surface area contributed by atoms with Gasteiger partial charge in [-0.15, -0.1) is 0 Å². The number of alkyl halides is 3. The molecular weight excluding hydrogens is 351 g/mol. The SMILES string of the molecule is FC(F)(F)c1nc(-c2ccccc2)oc1OCc1ccc2c(c1)OCO2. The Labute approximate surface area is 145 Å². The summed E-state index contributed by atoms with van der Waals surface area (Å²) in [4.78, 5) is 3.56. The maximum atomic E-state index is 13.2. The van der Waals surface area contributed by atoms with Gasteiger partial charge < -0.3 is 18.6 Å². The van der Waals surface area contributed by atoms with Crippen LogP contribution in [0.15, 0.2) is 52.9 Å².